The number of anilines is 2. The van der Waals surface area contributed by atoms with Gasteiger partial charge in [-0.25, -0.2) is 9.78 Å². The molecule has 0 bridgehead atoms. The van der Waals surface area contributed by atoms with Crippen LogP contribution in [0.25, 0.3) is 0 Å². The predicted molar refractivity (Wildman–Crippen MR) is 122 cm³/mol. The van der Waals surface area contributed by atoms with Crippen molar-refractivity contribution < 1.29 is 32.9 Å². The Morgan fingerprint density at radius 1 is 1.21 bits per heavy atom. The number of aromatic nitrogens is 2. The second-order valence-corrected chi connectivity index (χ2v) is 7.88. The van der Waals surface area contributed by atoms with E-state index in [2.05, 4.69) is 15.3 Å². The van der Waals surface area contributed by atoms with Crippen molar-refractivity contribution in [3.8, 4) is 17.4 Å². The second-order valence-electron chi connectivity index (χ2n) is 7.88. The van der Waals surface area contributed by atoms with Gasteiger partial charge in [0.15, 0.2) is 11.6 Å². The molecule has 0 aromatic carbocycles. The van der Waals surface area contributed by atoms with Crippen molar-refractivity contribution in [3.05, 3.63) is 30.3 Å². The fraction of sp³-hybridized carbons (Fsp3) is 0.522. The molecule has 1 aliphatic rings. The molecule has 10 nitrogen and oxygen atoms in total. The number of pyridine rings is 2. The van der Waals surface area contributed by atoms with Gasteiger partial charge in [0.05, 0.1) is 25.5 Å². The molecule has 2 aromatic heterocycles. The molecule has 3 rings (SSSR count). The number of methoxy groups -OCH3 is 2. The van der Waals surface area contributed by atoms with Crippen LogP contribution in [0, 0.1) is 5.95 Å². The number of hydrogen-bond acceptors (Lipinski definition) is 9. The molecule has 1 aliphatic heterocycles. The number of likely N-dealkylation sites (tertiary alicyclic amines) is 1. The summed E-state index contributed by atoms with van der Waals surface area (Å²) in [6.07, 6.45) is 2.24. The maximum absolute atomic E-state index is 14.5. The van der Waals surface area contributed by atoms with Gasteiger partial charge in [0, 0.05) is 51.4 Å². The summed E-state index contributed by atoms with van der Waals surface area (Å²) in [6.45, 7) is 5.35. The highest BCUT2D eigenvalue weighted by atomic mass is 19.1. The molecule has 2 aromatic rings. The molecule has 3 heterocycles. The summed E-state index contributed by atoms with van der Waals surface area (Å²) in [4.78, 5) is 21.8. The zero-order valence-corrected chi connectivity index (χ0v) is 19.9. The van der Waals surface area contributed by atoms with Gasteiger partial charge >= 0.3 is 6.09 Å². The van der Waals surface area contributed by atoms with Crippen molar-refractivity contribution in [2.24, 2.45) is 0 Å². The Bertz CT molecular complexity index is 953. The standard InChI is InChI=1S/C23H31FN4O6/c1-15(2)33-23(29)28-11-8-16(9-12-28)34-18-7-10-25-22(20(18)31-4)26-17-5-6-19(27-21(17)24)32-14-13-30-3/h5-7,10,15-16H,8-9,11-14H2,1-4H3,(H,25,26). The van der Waals surface area contributed by atoms with E-state index in [0.717, 1.165) is 0 Å². The van der Waals surface area contributed by atoms with Crippen LogP contribution in [0.2, 0.25) is 0 Å². The molecule has 1 amide bonds. The number of amides is 1. The molecule has 0 saturated carbocycles. The zero-order chi connectivity index (χ0) is 24.5. The minimum absolute atomic E-state index is 0.110. The Balaban J connectivity index is 1.64. The van der Waals surface area contributed by atoms with Crippen LogP contribution >= 0.6 is 0 Å². The number of carbonyl (C=O) groups is 1. The molecule has 0 spiro atoms. The first-order chi connectivity index (χ1) is 16.4. The molecule has 0 atom stereocenters. The van der Waals surface area contributed by atoms with E-state index in [4.69, 9.17) is 23.7 Å². The number of rotatable bonds is 10. The average molecular weight is 479 g/mol. The molecule has 1 N–H and O–H groups in total. The Morgan fingerprint density at radius 3 is 2.62 bits per heavy atom. The van der Waals surface area contributed by atoms with Gasteiger partial charge in [0.2, 0.25) is 17.6 Å². The molecule has 11 heteroatoms. The summed E-state index contributed by atoms with van der Waals surface area (Å²) in [5.74, 6) is 0.498. The van der Waals surface area contributed by atoms with E-state index < -0.39 is 5.95 Å². The van der Waals surface area contributed by atoms with E-state index in [1.165, 1.54) is 13.2 Å². The third-order valence-electron chi connectivity index (χ3n) is 5.02. The average Bonchev–Trinajstić information content (AvgIpc) is 2.81. The van der Waals surface area contributed by atoms with E-state index in [0.29, 0.717) is 44.0 Å². The minimum atomic E-state index is -0.745. The molecule has 34 heavy (non-hydrogen) atoms. The van der Waals surface area contributed by atoms with E-state index in [9.17, 15) is 9.18 Å². The van der Waals surface area contributed by atoms with Crippen molar-refractivity contribution in [2.45, 2.75) is 38.9 Å². The zero-order valence-electron chi connectivity index (χ0n) is 19.9. The van der Waals surface area contributed by atoms with Crippen LogP contribution in [-0.4, -0.2) is 73.7 Å². The monoisotopic (exact) mass is 478 g/mol. The van der Waals surface area contributed by atoms with Gasteiger partial charge < -0.3 is 33.9 Å². The third-order valence-corrected chi connectivity index (χ3v) is 5.02. The Morgan fingerprint density at radius 2 is 1.97 bits per heavy atom. The van der Waals surface area contributed by atoms with Gasteiger partial charge in [0.25, 0.3) is 0 Å². The Kier molecular flexibility index (Phi) is 9.08. The SMILES string of the molecule is COCCOc1ccc(Nc2nccc(OC3CCN(C(=O)OC(C)C)CC3)c2OC)c(F)n1. The van der Waals surface area contributed by atoms with Crippen molar-refractivity contribution >= 4 is 17.6 Å². The maximum atomic E-state index is 14.5. The molecule has 0 unspecified atom stereocenters. The summed E-state index contributed by atoms with van der Waals surface area (Å²) in [5.41, 5.74) is 0.110. The van der Waals surface area contributed by atoms with Crippen LogP contribution in [0.1, 0.15) is 26.7 Å². The van der Waals surface area contributed by atoms with Crippen LogP contribution in [-0.2, 0) is 9.47 Å². The maximum Gasteiger partial charge on any atom is 0.410 e. The molecule has 0 aliphatic carbocycles. The molecule has 1 fully saturated rings. The third kappa shape index (κ3) is 6.83. The van der Waals surface area contributed by atoms with Crippen molar-refractivity contribution in [1.82, 2.24) is 14.9 Å². The van der Waals surface area contributed by atoms with Crippen molar-refractivity contribution in [1.29, 1.82) is 0 Å². The lowest BCUT2D eigenvalue weighted by atomic mass is 10.1. The number of nitrogens with zero attached hydrogens (tertiary/aromatic N) is 3. The highest BCUT2D eigenvalue weighted by Gasteiger charge is 2.26. The Hall–Kier alpha value is -3.34. The van der Waals surface area contributed by atoms with E-state index in [1.807, 2.05) is 13.8 Å². The largest absolute Gasteiger partial charge is 0.490 e. The number of hydrogen-bond donors (Lipinski definition) is 1. The quantitative estimate of drug-likeness (QED) is 0.403. The van der Waals surface area contributed by atoms with Crippen LogP contribution in [0.4, 0.5) is 20.7 Å². The van der Waals surface area contributed by atoms with E-state index >= 15 is 0 Å². The number of ether oxygens (including phenoxy) is 5. The molecule has 186 valence electrons. The first kappa shape index (κ1) is 25.3. The van der Waals surface area contributed by atoms with Gasteiger partial charge in [-0.3, -0.25) is 0 Å². The first-order valence-electron chi connectivity index (χ1n) is 11.1. The summed E-state index contributed by atoms with van der Waals surface area (Å²) in [7, 11) is 3.04. The van der Waals surface area contributed by atoms with Crippen LogP contribution in [0.3, 0.4) is 0 Å². The van der Waals surface area contributed by atoms with Crippen LogP contribution < -0.4 is 19.5 Å². The summed E-state index contributed by atoms with van der Waals surface area (Å²) in [6, 6.07) is 4.74. The predicted octanol–water partition coefficient (Wildman–Crippen LogP) is 3.78. The van der Waals surface area contributed by atoms with Crippen LogP contribution in [0.5, 0.6) is 17.4 Å². The van der Waals surface area contributed by atoms with Crippen LogP contribution in [0.15, 0.2) is 24.4 Å². The second kappa shape index (κ2) is 12.2. The van der Waals surface area contributed by atoms with E-state index in [1.54, 1.807) is 30.3 Å². The van der Waals surface area contributed by atoms with Gasteiger partial charge in [-0.2, -0.15) is 9.37 Å². The lowest BCUT2D eigenvalue weighted by Gasteiger charge is -2.32. The minimum Gasteiger partial charge on any atom is -0.490 e. The Labute approximate surface area is 198 Å². The molecule has 1 saturated heterocycles. The summed E-state index contributed by atoms with van der Waals surface area (Å²) < 4.78 is 41.6. The normalized spacial score (nSPS) is 14.1. The highest BCUT2D eigenvalue weighted by Crippen LogP contribution is 2.37. The van der Waals surface area contributed by atoms with Gasteiger partial charge in [0.1, 0.15) is 12.7 Å². The lowest BCUT2D eigenvalue weighted by Crippen LogP contribution is -2.42. The van der Waals surface area contributed by atoms with E-state index in [-0.39, 0.29) is 42.3 Å². The molecule has 0 radical (unpaired) electrons. The summed E-state index contributed by atoms with van der Waals surface area (Å²) in [5, 5.41) is 2.90. The van der Waals surface area contributed by atoms with Crippen molar-refractivity contribution in [3.63, 3.8) is 0 Å². The van der Waals surface area contributed by atoms with Crippen molar-refractivity contribution in [2.75, 3.05) is 45.8 Å². The lowest BCUT2D eigenvalue weighted by molar-refractivity contribution is 0.0511. The first-order valence-corrected chi connectivity index (χ1v) is 11.1. The molecular weight excluding hydrogens is 447 g/mol. The number of halogens is 1. The number of piperidine rings is 1. The number of nitrogens with one attached hydrogen (secondary N) is 1. The van der Waals surface area contributed by atoms with Gasteiger partial charge in [-0.1, -0.05) is 0 Å². The fourth-order valence-electron chi connectivity index (χ4n) is 3.37. The van der Waals surface area contributed by atoms with Gasteiger partial charge in [-0.05, 0) is 19.9 Å². The highest BCUT2D eigenvalue weighted by molar-refractivity contribution is 5.68. The van der Waals surface area contributed by atoms with Gasteiger partial charge in [-0.15, -0.1) is 0 Å². The molecular formula is C23H31FN4O6. The smallest absolute Gasteiger partial charge is 0.410 e. The summed E-state index contributed by atoms with van der Waals surface area (Å²) >= 11 is 0. The topological polar surface area (TPSA) is 104 Å². The number of carbonyl (C=O) groups excluding carboxylic acids is 1. The fourth-order valence-corrected chi connectivity index (χ4v) is 3.37.